The van der Waals surface area contributed by atoms with Crippen LogP contribution in [0.1, 0.15) is 23.1 Å². The molecule has 5 nitrogen and oxygen atoms in total. The molecule has 7 heteroatoms. The van der Waals surface area contributed by atoms with E-state index in [9.17, 15) is 9.90 Å². The molecule has 168 valence electrons. The fraction of sp³-hybridized carbons (Fsp3) is 0.111. The van der Waals surface area contributed by atoms with Gasteiger partial charge < -0.3 is 9.84 Å². The van der Waals surface area contributed by atoms with Crippen molar-refractivity contribution < 1.29 is 19.2 Å². The van der Waals surface area contributed by atoms with E-state index in [1.807, 2.05) is 53.2 Å². The van der Waals surface area contributed by atoms with E-state index in [1.165, 1.54) is 0 Å². The molecule has 3 aromatic carbocycles. The molecular formula is C27H19Cl2N2O3+. The predicted octanol–water partition coefficient (Wildman–Crippen LogP) is 5.34. The minimum atomic E-state index is -2.05. The SMILES string of the molecule is N=C=C1C(=O)O[C@@](O)(c2ccccc2)[C@H]([n+]2cccc3ccccc32)[C@H]1c1ccc(Cl)c(Cl)c1. The number of hydrogen-bond donors (Lipinski definition) is 2. The molecule has 0 saturated carbocycles. The van der Waals surface area contributed by atoms with Crippen molar-refractivity contribution in [2.75, 3.05) is 0 Å². The van der Waals surface area contributed by atoms with E-state index >= 15 is 0 Å². The Morgan fingerprint density at radius 1 is 0.941 bits per heavy atom. The Morgan fingerprint density at radius 2 is 1.65 bits per heavy atom. The fourth-order valence-electron chi connectivity index (χ4n) is 4.63. The van der Waals surface area contributed by atoms with Gasteiger partial charge >= 0.3 is 11.8 Å². The lowest BCUT2D eigenvalue weighted by Crippen LogP contribution is -2.59. The molecule has 1 aliphatic rings. The molecule has 1 saturated heterocycles. The molecule has 2 heterocycles. The number of ether oxygens (including phenoxy) is 1. The third-order valence-corrected chi connectivity index (χ3v) is 6.90. The third-order valence-electron chi connectivity index (χ3n) is 6.16. The van der Waals surface area contributed by atoms with E-state index in [2.05, 4.69) is 5.87 Å². The van der Waals surface area contributed by atoms with Gasteiger partial charge in [-0.2, -0.15) is 4.57 Å². The number of pyridine rings is 1. The Kier molecular flexibility index (Phi) is 5.72. The number of esters is 1. The number of rotatable bonds is 3. The molecule has 0 aliphatic carbocycles. The largest absolute Gasteiger partial charge is 0.417 e. The Balaban J connectivity index is 1.86. The maximum absolute atomic E-state index is 13.1. The zero-order valence-corrected chi connectivity index (χ0v) is 19.3. The van der Waals surface area contributed by atoms with Crippen LogP contribution in [-0.2, 0) is 15.3 Å². The minimum Gasteiger partial charge on any atom is -0.417 e. The van der Waals surface area contributed by atoms with Crippen molar-refractivity contribution in [3.8, 4) is 0 Å². The number of aromatic nitrogens is 1. The summed E-state index contributed by atoms with van der Waals surface area (Å²) in [6.45, 7) is 0. The van der Waals surface area contributed by atoms with Gasteiger partial charge in [-0.3, -0.25) is 5.41 Å². The van der Waals surface area contributed by atoms with Crippen molar-refractivity contribution in [3.05, 3.63) is 118 Å². The summed E-state index contributed by atoms with van der Waals surface area (Å²) in [6.07, 6.45) is 1.83. The Morgan fingerprint density at radius 3 is 2.38 bits per heavy atom. The normalized spacial score (nSPS) is 22.3. The summed E-state index contributed by atoms with van der Waals surface area (Å²) >= 11 is 12.5. The highest BCUT2D eigenvalue weighted by molar-refractivity contribution is 6.42. The molecule has 0 spiro atoms. The van der Waals surface area contributed by atoms with Gasteiger partial charge in [0.1, 0.15) is 5.57 Å². The fourth-order valence-corrected chi connectivity index (χ4v) is 4.94. The number of benzene rings is 3. The number of cyclic esters (lactones) is 1. The molecule has 0 bridgehead atoms. The number of fused-ring (bicyclic) bond motifs is 1. The summed E-state index contributed by atoms with van der Waals surface area (Å²) in [6, 6.07) is 24.4. The monoisotopic (exact) mass is 489 g/mol. The van der Waals surface area contributed by atoms with Crippen LogP contribution in [0.25, 0.3) is 10.9 Å². The molecular weight excluding hydrogens is 471 g/mol. The maximum Gasteiger partial charge on any atom is 0.347 e. The van der Waals surface area contributed by atoms with E-state index < -0.39 is 23.7 Å². The first-order valence-electron chi connectivity index (χ1n) is 10.6. The quantitative estimate of drug-likeness (QED) is 0.176. The highest BCUT2D eigenvalue weighted by Crippen LogP contribution is 2.49. The van der Waals surface area contributed by atoms with Crippen molar-refractivity contribution in [2.24, 2.45) is 0 Å². The minimum absolute atomic E-state index is 0.0237. The summed E-state index contributed by atoms with van der Waals surface area (Å²) in [4.78, 5) is 13.1. The molecule has 1 fully saturated rings. The number of nitrogens with zero attached hydrogens (tertiary/aromatic N) is 1. The van der Waals surface area contributed by atoms with Gasteiger partial charge in [0.05, 0.1) is 16.0 Å². The van der Waals surface area contributed by atoms with Gasteiger partial charge in [0.25, 0.3) is 0 Å². The molecule has 0 radical (unpaired) electrons. The first-order chi connectivity index (χ1) is 16.4. The van der Waals surface area contributed by atoms with Gasteiger partial charge in [0, 0.05) is 23.1 Å². The van der Waals surface area contributed by atoms with E-state index in [4.69, 9.17) is 33.3 Å². The molecule has 1 aliphatic heterocycles. The summed E-state index contributed by atoms with van der Waals surface area (Å²) in [5.74, 6) is -1.42. The van der Waals surface area contributed by atoms with Crippen molar-refractivity contribution in [3.63, 3.8) is 0 Å². The van der Waals surface area contributed by atoms with E-state index in [-0.39, 0.29) is 5.57 Å². The second-order valence-corrected chi connectivity index (χ2v) is 8.88. The average Bonchev–Trinajstić information content (AvgIpc) is 2.86. The van der Waals surface area contributed by atoms with Crippen molar-refractivity contribution in [1.29, 1.82) is 5.41 Å². The Labute approximate surface area is 206 Å². The van der Waals surface area contributed by atoms with E-state index in [0.717, 1.165) is 10.9 Å². The molecule has 0 unspecified atom stereocenters. The van der Waals surface area contributed by atoms with Crippen LogP contribution in [-0.4, -0.2) is 16.9 Å². The van der Waals surface area contributed by atoms with Crippen LogP contribution in [0.4, 0.5) is 0 Å². The standard InChI is InChI=1S/C27H19Cl2N2O3/c28-21-13-12-18(15-22(21)29)24-20(16-30)26(32)34-27(33,19-9-2-1-3-10-19)25(24)31-14-6-8-17-7-4-5-11-23(17)31/h1-15,24-25,30,33H/q+1/t24-,25+,27-/m0/s1. The van der Waals surface area contributed by atoms with Crippen LogP contribution >= 0.6 is 23.2 Å². The Bertz CT molecular complexity index is 1460. The van der Waals surface area contributed by atoms with Crippen molar-refractivity contribution in [2.45, 2.75) is 17.7 Å². The number of hydrogen-bond acceptors (Lipinski definition) is 4. The van der Waals surface area contributed by atoms with Crippen molar-refractivity contribution in [1.82, 2.24) is 0 Å². The zero-order chi connectivity index (χ0) is 23.9. The number of carbonyl (C=O) groups is 1. The lowest BCUT2D eigenvalue weighted by Gasteiger charge is -2.40. The van der Waals surface area contributed by atoms with E-state index in [0.29, 0.717) is 21.2 Å². The number of para-hydroxylation sites is 1. The molecule has 0 amide bonds. The summed E-state index contributed by atoms with van der Waals surface area (Å²) in [7, 11) is 0. The maximum atomic E-state index is 13.1. The predicted molar refractivity (Wildman–Crippen MR) is 130 cm³/mol. The number of carbonyl (C=O) groups excluding carboxylic acids is 1. The van der Waals surface area contributed by atoms with Crippen LogP contribution in [0.2, 0.25) is 10.0 Å². The van der Waals surface area contributed by atoms with Crippen LogP contribution in [0, 0.1) is 5.41 Å². The lowest BCUT2D eigenvalue weighted by atomic mass is 9.76. The van der Waals surface area contributed by atoms with Crippen LogP contribution in [0.5, 0.6) is 0 Å². The smallest absolute Gasteiger partial charge is 0.347 e. The number of nitrogens with one attached hydrogen (secondary N) is 1. The second-order valence-electron chi connectivity index (χ2n) is 8.06. The molecule has 34 heavy (non-hydrogen) atoms. The summed E-state index contributed by atoms with van der Waals surface area (Å²) in [5.41, 5.74) is 1.80. The van der Waals surface area contributed by atoms with Gasteiger partial charge in [-0.05, 0) is 35.7 Å². The topological polar surface area (TPSA) is 74.3 Å². The summed E-state index contributed by atoms with van der Waals surface area (Å²) < 4.78 is 7.58. The lowest BCUT2D eigenvalue weighted by molar-refractivity contribution is -0.730. The van der Waals surface area contributed by atoms with Gasteiger partial charge in [-0.15, -0.1) is 0 Å². The zero-order valence-electron chi connectivity index (χ0n) is 17.8. The highest BCUT2D eigenvalue weighted by Gasteiger charge is 2.60. The third kappa shape index (κ3) is 3.60. The van der Waals surface area contributed by atoms with Crippen LogP contribution in [0.3, 0.4) is 0 Å². The van der Waals surface area contributed by atoms with Gasteiger partial charge in [-0.25, -0.2) is 4.79 Å². The van der Waals surface area contributed by atoms with Crippen LogP contribution in [0.15, 0.2) is 96.7 Å². The molecule has 4 aromatic rings. The second kappa shape index (κ2) is 8.71. The highest BCUT2D eigenvalue weighted by atomic mass is 35.5. The first kappa shape index (κ1) is 22.3. The average molecular weight is 490 g/mol. The molecule has 3 atom stereocenters. The first-order valence-corrected chi connectivity index (χ1v) is 11.3. The molecule has 1 aromatic heterocycles. The number of aliphatic hydroxyl groups is 1. The molecule has 2 N–H and O–H groups in total. The van der Waals surface area contributed by atoms with E-state index in [1.54, 1.807) is 42.5 Å². The summed E-state index contributed by atoms with van der Waals surface area (Å²) in [5, 5.41) is 21.6. The Hall–Kier alpha value is -3.47. The van der Waals surface area contributed by atoms with Gasteiger partial charge in [-0.1, -0.05) is 71.7 Å². The number of halogens is 2. The van der Waals surface area contributed by atoms with Gasteiger partial charge in [0.2, 0.25) is 11.6 Å². The molecule has 5 rings (SSSR count). The van der Waals surface area contributed by atoms with Crippen molar-refractivity contribution >= 4 is 45.9 Å². The van der Waals surface area contributed by atoms with Crippen LogP contribution < -0.4 is 4.57 Å². The van der Waals surface area contributed by atoms with Gasteiger partial charge in [0.15, 0.2) is 6.20 Å².